The van der Waals surface area contributed by atoms with Crippen LogP contribution < -0.4 is 10.6 Å². The van der Waals surface area contributed by atoms with Crippen molar-refractivity contribution in [1.82, 2.24) is 20.4 Å². The van der Waals surface area contributed by atoms with Crippen LogP contribution in [0, 0.1) is 0 Å². The Labute approximate surface area is 151 Å². The van der Waals surface area contributed by atoms with Crippen LogP contribution in [-0.2, 0) is 9.53 Å². The van der Waals surface area contributed by atoms with Crippen LogP contribution in [0.4, 0.5) is 18.0 Å². The summed E-state index contributed by atoms with van der Waals surface area (Å²) in [5, 5.41) is 5.08. The van der Waals surface area contributed by atoms with Gasteiger partial charge in [0.25, 0.3) is 0 Å². The molecule has 0 aromatic heterocycles. The third-order valence-corrected chi connectivity index (χ3v) is 4.51. The summed E-state index contributed by atoms with van der Waals surface area (Å²) in [6.45, 7) is 4.09. The number of rotatable bonds is 8. The molecule has 1 atom stereocenters. The zero-order chi connectivity index (χ0) is 19.2. The van der Waals surface area contributed by atoms with Gasteiger partial charge in [-0.05, 0) is 26.2 Å². The number of nitrogens with zero attached hydrogens (tertiary/aromatic N) is 2. The number of piperazine rings is 1. The molecule has 1 saturated carbocycles. The van der Waals surface area contributed by atoms with E-state index in [0.29, 0.717) is 26.1 Å². The van der Waals surface area contributed by atoms with Gasteiger partial charge in [-0.15, -0.1) is 0 Å². The summed E-state index contributed by atoms with van der Waals surface area (Å²) in [4.78, 5) is 27.9. The second-order valence-corrected chi connectivity index (χ2v) is 6.81. The molecule has 0 aromatic carbocycles. The third kappa shape index (κ3) is 7.88. The zero-order valence-corrected chi connectivity index (χ0v) is 15.0. The number of nitrogens with one attached hydrogen (secondary N) is 2. The second-order valence-electron chi connectivity index (χ2n) is 6.81. The van der Waals surface area contributed by atoms with Crippen LogP contribution in [0.2, 0.25) is 0 Å². The molecule has 1 saturated heterocycles. The van der Waals surface area contributed by atoms with E-state index in [1.165, 1.54) is 0 Å². The topological polar surface area (TPSA) is 73.9 Å². The number of hydrogen-bond acceptors (Lipinski definition) is 5. The fourth-order valence-electron chi connectivity index (χ4n) is 2.78. The molecular formula is C16H27F3N4O3. The number of hydrogen-bond donors (Lipinski definition) is 2. The number of carbonyl (C=O) groups excluding carboxylic acids is 2. The van der Waals surface area contributed by atoms with Gasteiger partial charge in [-0.2, -0.15) is 13.2 Å². The maximum absolute atomic E-state index is 12.1. The van der Waals surface area contributed by atoms with Gasteiger partial charge in [0, 0.05) is 45.4 Å². The van der Waals surface area contributed by atoms with Crippen LogP contribution in [0.5, 0.6) is 0 Å². The van der Waals surface area contributed by atoms with Crippen molar-refractivity contribution >= 4 is 11.9 Å². The molecule has 0 aromatic rings. The highest BCUT2D eigenvalue weighted by Gasteiger charge is 2.29. The summed E-state index contributed by atoms with van der Waals surface area (Å²) in [5.41, 5.74) is 0. The lowest BCUT2D eigenvalue weighted by atomic mass is 10.2. The molecule has 1 unspecified atom stereocenters. The predicted molar refractivity (Wildman–Crippen MR) is 88.7 cm³/mol. The molecule has 1 heterocycles. The minimum atomic E-state index is -4.28. The Balaban J connectivity index is 1.58. The first-order chi connectivity index (χ1) is 12.2. The lowest BCUT2D eigenvalue weighted by Gasteiger charge is -2.37. The average Bonchev–Trinajstić information content (AvgIpc) is 3.37. The van der Waals surface area contributed by atoms with Gasteiger partial charge >= 0.3 is 12.2 Å². The van der Waals surface area contributed by atoms with Crippen molar-refractivity contribution in [2.45, 2.75) is 44.4 Å². The molecule has 7 nitrogen and oxygen atoms in total. The number of imide groups is 1. The van der Waals surface area contributed by atoms with Gasteiger partial charge in [0.1, 0.15) is 6.61 Å². The molecule has 0 radical (unpaired) electrons. The van der Waals surface area contributed by atoms with Crippen molar-refractivity contribution in [1.29, 1.82) is 0 Å². The summed E-state index contributed by atoms with van der Waals surface area (Å²) in [7, 11) is 0. The Bertz CT molecular complexity index is 478. The fraction of sp³-hybridized carbons (Fsp3) is 0.875. The molecule has 0 bridgehead atoms. The minimum absolute atomic E-state index is 0.0780. The van der Waals surface area contributed by atoms with Gasteiger partial charge in [0.05, 0.1) is 6.04 Å². The average molecular weight is 380 g/mol. The van der Waals surface area contributed by atoms with Gasteiger partial charge < -0.3 is 15.0 Å². The smallest absolute Gasteiger partial charge is 0.372 e. The van der Waals surface area contributed by atoms with E-state index < -0.39 is 24.9 Å². The Morgan fingerprint density at radius 3 is 2.42 bits per heavy atom. The lowest BCUT2D eigenvalue weighted by molar-refractivity contribution is -0.174. The Morgan fingerprint density at radius 2 is 1.85 bits per heavy atom. The number of halogens is 3. The Kier molecular flexibility index (Phi) is 7.66. The van der Waals surface area contributed by atoms with Gasteiger partial charge in [-0.1, -0.05) is 0 Å². The van der Waals surface area contributed by atoms with Crippen molar-refractivity contribution < 1.29 is 27.5 Å². The van der Waals surface area contributed by atoms with Gasteiger partial charge in [-0.3, -0.25) is 15.0 Å². The summed E-state index contributed by atoms with van der Waals surface area (Å²) in [5.74, 6) is -0.322. The highest BCUT2D eigenvalue weighted by Crippen LogP contribution is 2.18. The number of ether oxygens (including phenoxy) is 1. The fourth-order valence-corrected chi connectivity index (χ4v) is 2.78. The van der Waals surface area contributed by atoms with Gasteiger partial charge in [0.15, 0.2) is 0 Å². The van der Waals surface area contributed by atoms with E-state index >= 15 is 0 Å². The first-order valence-electron chi connectivity index (χ1n) is 8.97. The summed E-state index contributed by atoms with van der Waals surface area (Å²) >= 11 is 0. The zero-order valence-electron chi connectivity index (χ0n) is 15.0. The molecule has 2 fully saturated rings. The molecule has 1 aliphatic carbocycles. The first-order valence-corrected chi connectivity index (χ1v) is 8.97. The predicted octanol–water partition coefficient (Wildman–Crippen LogP) is 0.950. The number of urea groups is 1. The normalized spacial score (nSPS) is 20.6. The van der Waals surface area contributed by atoms with Crippen LogP contribution in [-0.4, -0.2) is 85.9 Å². The standard InChI is InChI=1S/C16H27F3N4O3/c1-12(14(24)21-15(25)20-13-3-4-13)23-8-6-22(7-9-23)5-2-10-26-11-16(17,18)19/h12-13H,2-11H2,1H3,(H2,20,21,24,25). The largest absolute Gasteiger partial charge is 0.411 e. The first kappa shape index (κ1) is 20.9. The summed E-state index contributed by atoms with van der Waals surface area (Å²) in [6, 6.07) is -0.652. The number of carbonyl (C=O) groups is 2. The van der Waals surface area contributed by atoms with Gasteiger partial charge in [0.2, 0.25) is 5.91 Å². The van der Waals surface area contributed by atoms with Crippen LogP contribution in [0.15, 0.2) is 0 Å². The summed E-state index contributed by atoms with van der Waals surface area (Å²) in [6.07, 6.45) is -1.83. The lowest BCUT2D eigenvalue weighted by Crippen LogP contribution is -2.55. The SMILES string of the molecule is CC(C(=O)NC(=O)NC1CC1)N1CCN(CCCOCC(F)(F)F)CC1. The number of amides is 3. The van der Waals surface area contributed by atoms with E-state index in [1.807, 2.05) is 4.90 Å². The highest BCUT2D eigenvalue weighted by molar-refractivity contribution is 5.96. The van der Waals surface area contributed by atoms with E-state index in [2.05, 4.69) is 20.3 Å². The highest BCUT2D eigenvalue weighted by atomic mass is 19.4. The van der Waals surface area contributed by atoms with Crippen molar-refractivity contribution in [2.24, 2.45) is 0 Å². The molecule has 150 valence electrons. The van der Waals surface area contributed by atoms with Crippen LogP contribution in [0.1, 0.15) is 26.2 Å². The molecule has 1 aliphatic heterocycles. The molecule has 2 aliphatic rings. The van der Waals surface area contributed by atoms with Crippen molar-refractivity contribution in [3.63, 3.8) is 0 Å². The van der Waals surface area contributed by atoms with Crippen molar-refractivity contribution in [3.8, 4) is 0 Å². The maximum Gasteiger partial charge on any atom is 0.411 e. The molecule has 3 amide bonds. The van der Waals surface area contributed by atoms with E-state index in [9.17, 15) is 22.8 Å². The van der Waals surface area contributed by atoms with Crippen LogP contribution >= 0.6 is 0 Å². The molecule has 2 rings (SSSR count). The quantitative estimate of drug-likeness (QED) is 0.614. The maximum atomic E-state index is 12.1. The monoisotopic (exact) mass is 380 g/mol. The molecular weight excluding hydrogens is 353 g/mol. The van der Waals surface area contributed by atoms with Crippen LogP contribution in [0.3, 0.4) is 0 Å². The molecule has 0 spiro atoms. The molecule has 2 N–H and O–H groups in total. The second kappa shape index (κ2) is 9.52. The van der Waals surface area contributed by atoms with E-state index in [0.717, 1.165) is 25.9 Å². The van der Waals surface area contributed by atoms with E-state index in [4.69, 9.17) is 0 Å². The Morgan fingerprint density at radius 1 is 1.19 bits per heavy atom. The Hall–Kier alpha value is -1.39. The van der Waals surface area contributed by atoms with Crippen molar-refractivity contribution in [3.05, 3.63) is 0 Å². The molecule has 10 heteroatoms. The van der Waals surface area contributed by atoms with Gasteiger partial charge in [-0.25, -0.2) is 4.79 Å². The third-order valence-electron chi connectivity index (χ3n) is 4.51. The van der Waals surface area contributed by atoms with Crippen molar-refractivity contribution in [2.75, 3.05) is 45.9 Å². The minimum Gasteiger partial charge on any atom is -0.372 e. The number of alkyl halides is 3. The van der Waals surface area contributed by atoms with E-state index in [1.54, 1.807) is 6.92 Å². The van der Waals surface area contributed by atoms with Crippen LogP contribution in [0.25, 0.3) is 0 Å². The summed E-state index contributed by atoms with van der Waals surface area (Å²) < 4.78 is 40.5. The van der Waals surface area contributed by atoms with E-state index in [-0.39, 0.29) is 18.6 Å². The molecule has 26 heavy (non-hydrogen) atoms.